The number of hydrogen-bond donors (Lipinski definition) is 3. The summed E-state index contributed by atoms with van der Waals surface area (Å²) in [5.74, 6) is -4.06. The molecule has 15 heavy (non-hydrogen) atoms. The molecule has 6 nitrogen and oxygen atoms in total. The molecule has 1 rings (SSSR count). The molecular formula is C9H8O6. The lowest BCUT2D eigenvalue weighted by Crippen LogP contribution is -2.07. The molecule has 0 aliphatic carbocycles. The van der Waals surface area contributed by atoms with Crippen molar-refractivity contribution in [2.75, 3.05) is 0 Å². The van der Waals surface area contributed by atoms with Gasteiger partial charge in [0, 0.05) is 6.92 Å². The maximum absolute atomic E-state index is 10.7. The van der Waals surface area contributed by atoms with Gasteiger partial charge in [-0.05, 0) is 12.1 Å². The average molecular weight is 212 g/mol. The number of phenolic OH excluding ortho intramolecular Hbond substituents is 2. The Kier molecular flexibility index (Phi) is 2.80. The van der Waals surface area contributed by atoms with Crippen molar-refractivity contribution < 1.29 is 29.6 Å². The average Bonchev–Trinajstić information content (AvgIpc) is 2.12. The summed E-state index contributed by atoms with van der Waals surface area (Å²) >= 11 is 0. The predicted octanol–water partition coefficient (Wildman–Crippen LogP) is 0.721. The molecule has 0 heterocycles. The van der Waals surface area contributed by atoms with E-state index in [1.807, 2.05) is 0 Å². The zero-order chi connectivity index (χ0) is 11.6. The summed E-state index contributed by atoms with van der Waals surface area (Å²) in [5, 5.41) is 27.1. The minimum absolute atomic E-state index is 0.402. The second kappa shape index (κ2) is 3.87. The lowest BCUT2D eigenvalue weighted by Gasteiger charge is -2.08. The Morgan fingerprint density at radius 2 is 1.87 bits per heavy atom. The fourth-order valence-corrected chi connectivity index (χ4v) is 0.976. The van der Waals surface area contributed by atoms with E-state index in [4.69, 9.17) is 10.2 Å². The van der Waals surface area contributed by atoms with E-state index in [1.165, 1.54) is 0 Å². The van der Waals surface area contributed by atoms with Crippen LogP contribution in [0.5, 0.6) is 17.2 Å². The van der Waals surface area contributed by atoms with E-state index in [0.29, 0.717) is 0 Å². The first-order chi connectivity index (χ1) is 6.93. The lowest BCUT2D eigenvalue weighted by molar-refractivity contribution is -0.132. The summed E-state index contributed by atoms with van der Waals surface area (Å²) in [5.41, 5.74) is -0.402. The van der Waals surface area contributed by atoms with Gasteiger partial charge in [-0.2, -0.15) is 0 Å². The molecule has 0 aliphatic heterocycles. The van der Waals surface area contributed by atoms with E-state index in [2.05, 4.69) is 4.74 Å². The molecule has 0 atom stereocenters. The highest BCUT2D eigenvalue weighted by atomic mass is 16.5. The summed E-state index contributed by atoms with van der Waals surface area (Å²) in [6.07, 6.45) is 0. The van der Waals surface area contributed by atoms with Gasteiger partial charge < -0.3 is 20.1 Å². The summed E-state index contributed by atoms with van der Waals surface area (Å²) in [6.45, 7) is 1.05. The van der Waals surface area contributed by atoms with Crippen molar-refractivity contribution in [3.05, 3.63) is 17.7 Å². The molecule has 0 aromatic heterocycles. The van der Waals surface area contributed by atoms with Crippen LogP contribution in [0.15, 0.2) is 12.1 Å². The van der Waals surface area contributed by atoms with E-state index in [0.717, 1.165) is 19.1 Å². The smallest absolute Gasteiger partial charge is 0.339 e. The Balaban J connectivity index is 3.34. The number of carbonyl (C=O) groups excluding carboxylic acids is 1. The summed E-state index contributed by atoms with van der Waals surface area (Å²) < 4.78 is 4.49. The van der Waals surface area contributed by atoms with Crippen LogP contribution in [-0.4, -0.2) is 27.3 Å². The van der Waals surface area contributed by atoms with Gasteiger partial charge in [-0.1, -0.05) is 0 Å². The largest absolute Gasteiger partial charge is 0.504 e. The third-order valence-electron chi connectivity index (χ3n) is 1.59. The molecule has 0 radical (unpaired) electrons. The highest BCUT2D eigenvalue weighted by molar-refractivity contribution is 5.93. The van der Waals surface area contributed by atoms with Crippen molar-refractivity contribution in [2.45, 2.75) is 6.92 Å². The van der Waals surface area contributed by atoms with Gasteiger partial charge in [0.2, 0.25) is 5.75 Å². The number of benzene rings is 1. The summed E-state index contributed by atoms with van der Waals surface area (Å²) in [6, 6.07) is 2.02. The zero-order valence-corrected chi connectivity index (χ0v) is 7.72. The van der Waals surface area contributed by atoms with Gasteiger partial charge in [-0.15, -0.1) is 0 Å². The molecule has 0 spiro atoms. The number of esters is 1. The van der Waals surface area contributed by atoms with Gasteiger partial charge in [0.1, 0.15) is 5.56 Å². The first-order valence-electron chi connectivity index (χ1n) is 3.90. The van der Waals surface area contributed by atoms with Gasteiger partial charge in [-0.25, -0.2) is 4.79 Å². The van der Waals surface area contributed by atoms with Crippen LogP contribution in [0.25, 0.3) is 0 Å². The Morgan fingerprint density at radius 1 is 1.27 bits per heavy atom. The van der Waals surface area contributed by atoms with Crippen LogP contribution in [0.1, 0.15) is 17.3 Å². The van der Waals surface area contributed by atoms with Gasteiger partial charge in [0.25, 0.3) is 0 Å². The van der Waals surface area contributed by atoms with Gasteiger partial charge in [-0.3, -0.25) is 4.79 Å². The van der Waals surface area contributed by atoms with Crippen LogP contribution in [0.2, 0.25) is 0 Å². The molecule has 3 N–H and O–H groups in total. The number of hydrogen-bond acceptors (Lipinski definition) is 5. The predicted molar refractivity (Wildman–Crippen MR) is 48.0 cm³/mol. The van der Waals surface area contributed by atoms with Crippen LogP contribution in [0, 0.1) is 0 Å². The minimum atomic E-state index is -1.37. The molecule has 6 heteroatoms. The second-order valence-corrected chi connectivity index (χ2v) is 2.71. The summed E-state index contributed by atoms with van der Waals surface area (Å²) in [4.78, 5) is 21.3. The number of rotatable bonds is 2. The highest BCUT2D eigenvalue weighted by Crippen LogP contribution is 2.38. The fraction of sp³-hybridized carbons (Fsp3) is 0.111. The lowest BCUT2D eigenvalue weighted by atomic mass is 10.1. The van der Waals surface area contributed by atoms with Crippen LogP contribution < -0.4 is 4.74 Å². The SMILES string of the molecule is CC(=O)Oc1c(C(=O)O)ccc(O)c1O. The number of aromatic hydroxyl groups is 2. The monoisotopic (exact) mass is 212 g/mol. The molecule has 0 amide bonds. The molecule has 0 aliphatic rings. The Labute approximate surface area is 84.3 Å². The van der Waals surface area contributed by atoms with E-state index in [9.17, 15) is 14.7 Å². The van der Waals surface area contributed by atoms with Crippen molar-refractivity contribution in [1.82, 2.24) is 0 Å². The van der Waals surface area contributed by atoms with Gasteiger partial charge in [0.05, 0.1) is 0 Å². The molecule has 0 unspecified atom stereocenters. The Hall–Kier alpha value is -2.24. The van der Waals surface area contributed by atoms with Crippen LogP contribution in [-0.2, 0) is 4.79 Å². The van der Waals surface area contributed by atoms with Crippen molar-refractivity contribution in [1.29, 1.82) is 0 Å². The Morgan fingerprint density at radius 3 is 2.33 bits per heavy atom. The van der Waals surface area contributed by atoms with Crippen LogP contribution in [0.4, 0.5) is 0 Å². The number of phenols is 2. The van der Waals surface area contributed by atoms with E-state index < -0.39 is 34.8 Å². The standard InChI is InChI=1S/C9H8O6/c1-4(10)15-8-5(9(13)14)2-3-6(11)7(8)12/h2-3,11-12H,1H3,(H,13,14). The fourth-order valence-electron chi connectivity index (χ4n) is 0.976. The highest BCUT2D eigenvalue weighted by Gasteiger charge is 2.19. The van der Waals surface area contributed by atoms with Crippen molar-refractivity contribution in [3.63, 3.8) is 0 Å². The number of carbonyl (C=O) groups is 2. The second-order valence-electron chi connectivity index (χ2n) is 2.71. The van der Waals surface area contributed by atoms with Crippen molar-refractivity contribution in [2.24, 2.45) is 0 Å². The van der Waals surface area contributed by atoms with Crippen LogP contribution in [0.3, 0.4) is 0 Å². The first kappa shape index (κ1) is 10.8. The van der Waals surface area contributed by atoms with Crippen molar-refractivity contribution in [3.8, 4) is 17.2 Å². The number of ether oxygens (including phenoxy) is 1. The summed E-state index contributed by atoms with van der Waals surface area (Å²) in [7, 11) is 0. The maximum Gasteiger partial charge on any atom is 0.339 e. The first-order valence-corrected chi connectivity index (χ1v) is 3.90. The van der Waals surface area contributed by atoms with E-state index >= 15 is 0 Å². The van der Waals surface area contributed by atoms with Crippen molar-refractivity contribution >= 4 is 11.9 Å². The number of aromatic carboxylic acids is 1. The molecule has 0 saturated carbocycles. The Bertz CT molecular complexity index is 423. The molecule has 0 bridgehead atoms. The van der Waals surface area contributed by atoms with Gasteiger partial charge in [0.15, 0.2) is 11.5 Å². The molecule has 80 valence electrons. The zero-order valence-electron chi connectivity index (χ0n) is 7.72. The maximum atomic E-state index is 10.7. The molecule has 0 fully saturated rings. The number of carboxylic acids is 1. The normalized spacial score (nSPS) is 9.67. The topological polar surface area (TPSA) is 104 Å². The van der Waals surface area contributed by atoms with E-state index in [1.54, 1.807) is 0 Å². The molecule has 1 aromatic carbocycles. The number of carboxylic acid groups (broad SMARTS) is 1. The van der Waals surface area contributed by atoms with Gasteiger partial charge >= 0.3 is 11.9 Å². The third-order valence-corrected chi connectivity index (χ3v) is 1.59. The minimum Gasteiger partial charge on any atom is -0.504 e. The molecule has 0 saturated heterocycles. The van der Waals surface area contributed by atoms with E-state index in [-0.39, 0.29) is 0 Å². The quantitative estimate of drug-likeness (QED) is 0.379. The molecular weight excluding hydrogens is 204 g/mol. The third kappa shape index (κ3) is 2.16. The molecule has 1 aromatic rings. The van der Waals surface area contributed by atoms with Crippen LogP contribution >= 0.6 is 0 Å².